The van der Waals surface area contributed by atoms with E-state index in [4.69, 9.17) is 4.42 Å². The Hall–Kier alpha value is -2.65. The van der Waals surface area contributed by atoms with Crippen LogP contribution in [0.15, 0.2) is 52.0 Å². The first-order chi connectivity index (χ1) is 12.8. The number of hydrogen-bond donors (Lipinski definition) is 2. The van der Waals surface area contributed by atoms with Crippen LogP contribution in [0.4, 0.5) is 0 Å². The van der Waals surface area contributed by atoms with Gasteiger partial charge >= 0.3 is 5.97 Å². The van der Waals surface area contributed by atoms with E-state index in [0.717, 1.165) is 0 Å². The summed E-state index contributed by atoms with van der Waals surface area (Å²) < 4.78 is 30.8. The minimum Gasteiger partial charge on any atom is -0.481 e. The van der Waals surface area contributed by atoms with Gasteiger partial charge in [-0.1, -0.05) is 30.3 Å². The van der Waals surface area contributed by atoms with Crippen LogP contribution < -0.4 is 4.72 Å². The summed E-state index contributed by atoms with van der Waals surface area (Å²) in [5.41, 5.74) is -0.327. The largest absolute Gasteiger partial charge is 0.481 e. The van der Waals surface area contributed by atoms with Crippen LogP contribution >= 0.6 is 0 Å². The number of piperidine rings is 1. The Kier molecular flexibility index (Phi) is 5.07. The molecule has 144 valence electrons. The molecule has 0 spiro atoms. The molecule has 0 unspecified atom stereocenters. The van der Waals surface area contributed by atoms with E-state index in [-0.39, 0.29) is 36.8 Å². The highest BCUT2D eigenvalue weighted by Gasteiger charge is 2.44. The maximum absolute atomic E-state index is 12.6. The van der Waals surface area contributed by atoms with Gasteiger partial charge in [0.1, 0.15) is 0 Å². The summed E-state index contributed by atoms with van der Waals surface area (Å²) in [4.78, 5) is 26.1. The van der Waals surface area contributed by atoms with E-state index in [9.17, 15) is 23.1 Å². The summed E-state index contributed by atoms with van der Waals surface area (Å²) in [5, 5.41) is 9.47. The lowest BCUT2D eigenvalue weighted by atomic mass is 9.73. The molecule has 0 atom stereocenters. The number of likely N-dealkylation sites (tertiary alicyclic amines) is 1. The van der Waals surface area contributed by atoms with E-state index in [2.05, 4.69) is 4.72 Å². The first-order valence-electron chi connectivity index (χ1n) is 8.42. The summed E-state index contributed by atoms with van der Waals surface area (Å²) in [6.45, 7) is 0.462. The SMILES string of the molecule is CNS(=O)(=O)c1ccc(C(=O)N2CCC(C(=O)O)(c3ccccc3)CC2)o1. The number of carboxylic acid groups (broad SMARTS) is 1. The first-order valence-corrected chi connectivity index (χ1v) is 9.90. The predicted molar refractivity (Wildman–Crippen MR) is 95.8 cm³/mol. The monoisotopic (exact) mass is 392 g/mol. The standard InChI is InChI=1S/C18H20N2O6S/c1-19-27(24,25)15-8-7-14(26-15)16(21)20-11-9-18(10-12-20,17(22)23)13-5-3-2-4-6-13/h2-8,19H,9-12H2,1H3,(H,22,23). The van der Waals surface area contributed by atoms with Crippen LogP contribution in [0.25, 0.3) is 0 Å². The van der Waals surface area contributed by atoms with Crippen molar-refractivity contribution >= 4 is 21.9 Å². The third-order valence-corrected chi connectivity index (χ3v) is 6.25. The Labute approximate surface area is 156 Å². The fourth-order valence-corrected chi connectivity index (χ4v) is 3.96. The smallest absolute Gasteiger partial charge is 0.314 e. The van der Waals surface area contributed by atoms with E-state index in [0.29, 0.717) is 5.56 Å². The molecule has 1 aromatic carbocycles. The van der Waals surface area contributed by atoms with Gasteiger partial charge in [0.2, 0.25) is 5.09 Å². The lowest BCUT2D eigenvalue weighted by Crippen LogP contribution is -2.49. The van der Waals surface area contributed by atoms with Gasteiger partial charge in [-0.15, -0.1) is 0 Å². The fraction of sp³-hybridized carbons (Fsp3) is 0.333. The molecule has 1 saturated heterocycles. The third kappa shape index (κ3) is 3.47. The van der Waals surface area contributed by atoms with Crippen molar-refractivity contribution in [3.63, 3.8) is 0 Å². The lowest BCUT2D eigenvalue weighted by Gasteiger charge is -2.38. The normalized spacial score (nSPS) is 16.9. The van der Waals surface area contributed by atoms with Crippen LogP contribution in [0.3, 0.4) is 0 Å². The molecule has 1 aliphatic rings. The second kappa shape index (κ2) is 7.16. The summed E-state index contributed by atoms with van der Waals surface area (Å²) in [6.07, 6.45) is 0.529. The highest BCUT2D eigenvalue weighted by atomic mass is 32.2. The number of carbonyl (C=O) groups is 2. The van der Waals surface area contributed by atoms with Crippen molar-refractivity contribution in [2.24, 2.45) is 0 Å². The van der Waals surface area contributed by atoms with Gasteiger partial charge in [0.25, 0.3) is 15.9 Å². The molecule has 3 rings (SSSR count). The first kappa shape index (κ1) is 19.1. The maximum Gasteiger partial charge on any atom is 0.314 e. The molecule has 0 aliphatic carbocycles. The minimum atomic E-state index is -3.77. The van der Waals surface area contributed by atoms with Crippen molar-refractivity contribution < 1.29 is 27.5 Å². The number of nitrogens with one attached hydrogen (secondary N) is 1. The molecule has 8 nitrogen and oxygen atoms in total. The second-order valence-electron chi connectivity index (χ2n) is 6.37. The van der Waals surface area contributed by atoms with Gasteiger partial charge in [-0.25, -0.2) is 13.1 Å². The number of aliphatic carboxylic acids is 1. The van der Waals surface area contributed by atoms with Gasteiger partial charge in [0, 0.05) is 13.1 Å². The zero-order valence-corrected chi connectivity index (χ0v) is 15.5. The van der Waals surface area contributed by atoms with E-state index in [1.165, 1.54) is 24.1 Å². The number of furan rings is 1. The maximum atomic E-state index is 12.6. The number of carbonyl (C=O) groups excluding carboxylic acids is 1. The van der Waals surface area contributed by atoms with E-state index in [1.54, 1.807) is 24.3 Å². The average Bonchev–Trinajstić information content (AvgIpc) is 3.19. The zero-order chi connectivity index (χ0) is 19.7. The number of carboxylic acids is 1. The molecular weight excluding hydrogens is 372 g/mol. The number of amides is 1. The third-order valence-electron chi connectivity index (χ3n) is 4.97. The molecular formula is C18H20N2O6S. The number of hydrogen-bond acceptors (Lipinski definition) is 5. The van der Waals surface area contributed by atoms with Crippen LogP contribution in [0.2, 0.25) is 0 Å². The molecule has 1 amide bonds. The van der Waals surface area contributed by atoms with Crippen LogP contribution in [0.5, 0.6) is 0 Å². The summed E-state index contributed by atoms with van der Waals surface area (Å²) in [5.74, 6) is -1.47. The van der Waals surface area contributed by atoms with Crippen LogP contribution in [0, 0.1) is 0 Å². The number of benzene rings is 1. The molecule has 9 heteroatoms. The second-order valence-corrected chi connectivity index (χ2v) is 8.19. The summed E-state index contributed by atoms with van der Waals surface area (Å²) >= 11 is 0. The number of rotatable bonds is 5. The molecule has 1 aromatic heterocycles. The van der Waals surface area contributed by atoms with Crippen molar-refractivity contribution in [2.75, 3.05) is 20.1 Å². The molecule has 0 bridgehead atoms. The van der Waals surface area contributed by atoms with Crippen LogP contribution in [0.1, 0.15) is 29.0 Å². The Morgan fingerprint density at radius 1 is 1.11 bits per heavy atom. The number of nitrogens with zero attached hydrogens (tertiary/aromatic N) is 1. The molecule has 0 radical (unpaired) electrons. The topological polar surface area (TPSA) is 117 Å². The summed E-state index contributed by atoms with van der Waals surface area (Å²) in [6, 6.07) is 11.5. The molecule has 2 aromatic rings. The molecule has 1 fully saturated rings. The minimum absolute atomic E-state index is 0.0913. The van der Waals surface area contributed by atoms with Gasteiger partial charge in [-0.2, -0.15) is 0 Å². The van der Waals surface area contributed by atoms with Gasteiger partial charge in [0.15, 0.2) is 5.76 Å². The predicted octanol–water partition coefficient (Wildman–Crippen LogP) is 1.45. The van der Waals surface area contributed by atoms with Crippen molar-refractivity contribution in [3.05, 3.63) is 53.8 Å². The average molecular weight is 392 g/mol. The quantitative estimate of drug-likeness (QED) is 0.795. The zero-order valence-electron chi connectivity index (χ0n) is 14.7. The fourth-order valence-electron chi connectivity index (χ4n) is 3.31. The van der Waals surface area contributed by atoms with Gasteiger partial charge in [0.05, 0.1) is 5.41 Å². The Bertz CT molecular complexity index is 943. The van der Waals surface area contributed by atoms with Crippen molar-refractivity contribution in [1.29, 1.82) is 0 Å². The Morgan fingerprint density at radius 3 is 2.30 bits per heavy atom. The number of sulfonamides is 1. The Balaban J connectivity index is 1.77. The van der Waals surface area contributed by atoms with E-state index in [1.807, 2.05) is 6.07 Å². The van der Waals surface area contributed by atoms with E-state index < -0.39 is 27.3 Å². The van der Waals surface area contributed by atoms with Crippen molar-refractivity contribution in [1.82, 2.24) is 9.62 Å². The molecule has 1 aliphatic heterocycles. The Morgan fingerprint density at radius 2 is 1.74 bits per heavy atom. The molecule has 2 heterocycles. The lowest BCUT2D eigenvalue weighted by molar-refractivity contribution is -0.145. The van der Waals surface area contributed by atoms with Gasteiger partial charge < -0.3 is 14.4 Å². The van der Waals surface area contributed by atoms with Gasteiger partial charge in [-0.3, -0.25) is 9.59 Å². The van der Waals surface area contributed by atoms with Crippen LogP contribution in [-0.2, 0) is 20.2 Å². The van der Waals surface area contributed by atoms with Crippen molar-refractivity contribution in [3.8, 4) is 0 Å². The highest BCUT2D eigenvalue weighted by molar-refractivity contribution is 7.89. The van der Waals surface area contributed by atoms with Crippen LogP contribution in [-0.4, -0.2) is 50.4 Å². The summed E-state index contributed by atoms with van der Waals surface area (Å²) in [7, 11) is -2.52. The van der Waals surface area contributed by atoms with E-state index >= 15 is 0 Å². The molecule has 0 saturated carbocycles. The molecule has 2 N–H and O–H groups in total. The highest BCUT2D eigenvalue weighted by Crippen LogP contribution is 2.36. The molecule has 27 heavy (non-hydrogen) atoms. The van der Waals surface area contributed by atoms with Gasteiger partial charge in [-0.05, 0) is 37.6 Å². The van der Waals surface area contributed by atoms with Crippen molar-refractivity contribution in [2.45, 2.75) is 23.3 Å².